The van der Waals surface area contributed by atoms with Gasteiger partial charge >= 0.3 is 0 Å². The highest BCUT2D eigenvalue weighted by atomic mass is 32.2. The SMILES string of the molecule is CNC1CCOCC1SCCCOC. The van der Waals surface area contributed by atoms with Crippen molar-refractivity contribution in [1.29, 1.82) is 0 Å². The number of methoxy groups -OCH3 is 1. The summed E-state index contributed by atoms with van der Waals surface area (Å²) < 4.78 is 10.5. The van der Waals surface area contributed by atoms with Crippen molar-refractivity contribution in [2.75, 3.05) is 39.7 Å². The molecule has 1 fully saturated rings. The highest BCUT2D eigenvalue weighted by Crippen LogP contribution is 2.21. The lowest BCUT2D eigenvalue weighted by molar-refractivity contribution is 0.0850. The molecule has 0 aromatic carbocycles. The van der Waals surface area contributed by atoms with Gasteiger partial charge in [0.2, 0.25) is 0 Å². The number of nitrogens with one attached hydrogen (secondary N) is 1. The first-order valence-corrected chi connectivity index (χ1v) is 6.29. The van der Waals surface area contributed by atoms with Gasteiger partial charge in [-0.2, -0.15) is 11.8 Å². The fourth-order valence-corrected chi connectivity index (χ4v) is 2.93. The van der Waals surface area contributed by atoms with Crippen LogP contribution >= 0.6 is 11.8 Å². The van der Waals surface area contributed by atoms with E-state index in [1.54, 1.807) is 7.11 Å². The van der Waals surface area contributed by atoms with Crippen molar-refractivity contribution in [2.45, 2.75) is 24.1 Å². The Bertz CT molecular complexity index is 146. The van der Waals surface area contributed by atoms with Gasteiger partial charge in [0.1, 0.15) is 0 Å². The van der Waals surface area contributed by atoms with Crippen molar-refractivity contribution < 1.29 is 9.47 Å². The maximum absolute atomic E-state index is 5.48. The number of hydrogen-bond acceptors (Lipinski definition) is 4. The van der Waals surface area contributed by atoms with Crippen LogP contribution in [-0.2, 0) is 9.47 Å². The minimum atomic E-state index is 0.616. The van der Waals surface area contributed by atoms with Crippen molar-refractivity contribution >= 4 is 11.8 Å². The molecule has 1 saturated heterocycles. The van der Waals surface area contributed by atoms with Crippen LogP contribution in [0.15, 0.2) is 0 Å². The molecule has 0 saturated carbocycles. The van der Waals surface area contributed by atoms with E-state index in [0.29, 0.717) is 11.3 Å². The normalized spacial score (nSPS) is 27.9. The summed E-state index contributed by atoms with van der Waals surface area (Å²) in [5.41, 5.74) is 0. The lowest BCUT2D eigenvalue weighted by Gasteiger charge is -2.30. The molecule has 0 aliphatic carbocycles. The number of ether oxygens (including phenoxy) is 2. The highest BCUT2D eigenvalue weighted by Gasteiger charge is 2.24. The van der Waals surface area contributed by atoms with Crippen molar-refractivity contribution in [2.24, 2.45) is 0 Å². The molecule has 1 rings (SSSR count). The first-order chi connectivity index (χ1) is 6.88. The van der Waals surface area contributed by atoms with Crippen LogP contribution in [0.3, 0.4) is 0 Å². The third-order valence-corrected chi connectivity index (χ3v) is 3.92. The summed E-state index contributed by atoms with van der Waals surface area (Å²) in [6.07, 6.45) is 2.27. The second kappa shape index (κ2) is 7.51. The molecule has 0 bridgehead atoms. The minimum Gasteiger partial charge on any atom is -0.385 e. The summed E-state index contributed by atoms with van der Waals surface area (Å²) >= 11 is 2.00. The van der Waals surface area contributed by atoms with Crippen LogP contribution in [0.25, 0.3) is 0 Å². The van der Waals surface area contributed by atoms with Gasteiger partial charge in [0.15, 0.2) is 0 Å². The smallest absolute Gasteiger partial charge is 0.0600 e. The maximum atomic E-state index is 5.48. The van der Waals surface area contributed by atoms with E-state index in [1.165, 1.54) is 5.75 Å². The van der Waals surface area contributed by atoms with E-state index in [-0.39, 0.29) is 0 Å². The number of hydrogen-bond donors (Lipinski definition) is 1. The number of thioether (sulfide) groups is 1. The van der Waals surface area contributed by atoms with Crippen molar-refractivity contribution in [3.8, 4) is 0 Å². The molecule has 1 N–H and O–H groups in total. The van der Waals surface area contributed by atoms with E-state index in [1.807, 2.05) is 18.8 Å². The topological polar surface area (TPSA) is 30.5 Å². The molecule has 4 heteroatoms. The van der Waals surface area contributed by atoms with Crippen molar-refractivity contribution in [3.05, 3.63) is 0 Å². The molecule has 1 aliphatic heterocycles. The third kappa shape index (κ3) is 4.17. The fourth-order valence-electron chi connectivity index (χ4n) is 1.64. The molecular formula is C10H21NO2S. The van der Waals surface area contributed by atoms with Crippen molar-refractivity contribution in [1.82, 2.24) is 5.32 Å². The molecule has 84 valence electrons. The lowest BCUT2D eigenvalue weighted by Crippen LogP contribution is -2.43. The molecule has 1 aliphatic rings. The van der Waals surface area contributed by atoms with Gasteiger partial charge in [0, 0.05) is 31.6 Å². The summed E-state index contributed by atoms with van der Waals surface area (Å²) in [4.78, 5) is 0. The Morgan fingerprint density at radius 3 is 3.14 bits per heavy atom. The molecule has 0 amide bonds. The Labute approximate surface area is 90.9 Å². The zero-order valence-electron chi connectivity index (χ0n) is 9.12. The molecule has 0 radical (unpaired) electrons. The zero-order chi connectivity index (χ0) is 10.2. The lowest BCUT2D eigenvalue weighted by atomic mass is 10.1. The largest absolute Gasteiger partial charge is 0.385 e. The third-order valence-electron chi connectivity index (χ3n) is 2.50. The Kier molecular flexibility index (Phi) is 6.60. The van der Waals surface area contributed by atoms with E-state index >= 15 is 0 Å². The molecular weight excluding hydrogens is 198 g/mol. The maximum Gasteiger partial charge on any atom is 0.0600 e. The first kappa shape index (κ1) is 12.3. The Hall–Kier alpha value is 0.230. The molecule has 0 spiro atoms. The fraction of sp³-hybridized carbons (Fsp3) is 1.00. The van der Waals surface area contributed by atoms with E-state index in [9.17, 15) is 0 Å². The Balaban J connectivity index is 2.13. The van der Waals surface area contributed by atoms with Crippen LogP contribution in [-0.4, -0.2) is 51.0 Å². The molecule has 14 heavy (non-hydrogen) atoms. The van der Waals surface area contributed by atoms with Gasteiger partial charge in [-0.3, -0.25) is 0 Å². The summed E-state index contributed by atoms with van der Waals surface area (Å²) in [5, 5.41) is 3.98. The first-order valence-electron chi connectivity index (χ1n) is 5.24. The van der Waals surface area contributed by atoms with Gasteiger partial charge in [-0.15, -0.1) is 0 Å². The predicted octanol–water partition coefficient (Wildman–Crippen LogP) is 1.13. The van der Waals surface area contributed by atoms with E-state index in [4.69, 9.17) is 9.47 Å². The van der Waals surface area contributed by atoms with Crippen LogP contribution < -0.4 is 5.32 Å². The van der Waals surface area contributed by atoms with Gasteiger partial charge in [-0.1, -0.05) is 0 Å². The second-order valence-corrected chi connectivity index (χ2v) is 4.86. The van der Waals surface area contributed by atoms with Crippen LogP contribution in [0.2, 0.25) is 0 Å². The Morgan fingerprint density at radius 2 is 2.43 bits per heavy atom. The van der Waals surface area contributed by atoms with Gasteiger partial charge in [-0.25, -0.2) is 0 Å². The quantitative estimate of drug-likeness (QED) is 0.679. The van der Waals surface area contributed by atoms with Crippen LogP contribution in [0.1, 0.15) is 12.8 Å². The predicted molar refractivity (Wildman–Crippen MR) is 61.0 cm³/mol. The Morgan fingerprint density at radius 1 is 1.57 bits per heavy atom. The molecule has 2 atom stereocenters. The average molecular weight is 219 g/mol. The monoisotopic (exact) mass is 219 g/mol. The molecule has 3 nitrogen and oxygen atoms in total. The van der Waals surface area contributed by atoms with Gasteiger partial charge in [0.05, 0.1) is 6.61 Å². The average Bonchev–Trinajstić information content (AvgIpc) is 2.25. The van der Waals surface area contributed by atoms with Crippen molar-refractivity contribution in [3.63, 3.8) is 0 Å². The molecule has 1 heterocycles. The summed E-state index contributed by atoms with van der Waals surface area (Å²) in [6.45, 7) is 2.66. The zero-order valence-corrected chi connectivity index (χ0v) is 9.94. The molecule has 2 unspecified atom stereocenters. The van der Waals surface area contributed by atoms with E-state index < -0.39 is 0 Å². The van der Waals surface area contributed by atoms with E-state index in [2.05, 4.69) is 5.32 Å². The molecule has 0 aromatic heterocycles. The van der Waals surface area contributed by atoms with Crippen LogP contribution in [0.4, 0.5) is 0 Å². The summed E-state index contributed by atoms with van der Waals surface area (Å²) in [5.74, 6) is 1.17. The van der Waals surface area contributed by atoms with Gasteiger partial charge in [-0.05, 0) is 25.6 Å². The second-order valence-electron chi connectivity index (χ2n) is 3.51. The standard InChI is InChI=1S/C10H21NO2S/c1-11-9-4-6-13-8-10(9)14-7-3-5-12-2/h9-11H,3-8H2,1-2H3. The summed E-state index contributed by atoms with van der Waals surface area (Å²) in [6, 6.07) is 0.622. The highest BCUT2D eigenvalue weighted by molar-refractivity contribution is 8.00. The number of rotatable bonds is 6. The van der Waals surface area contributed by atoms with Crippen LogP contribution in [0, 0.1) is 0 Å². The van der Waals surface area contributed by atoms with E-state index in [0.717, 1.165) is 32.7 Å². The minimum absolute atomic E-state index is 0.616. The van der Waals surface area contributed by atoms with Crippen LogP contribution in [0.5, 0.6) is 0 Å². The van der Waals surface area contributed by atoms with Gasteiger partial charge in [0.25, 0.3) is 0 Å². The molecule has 0 aromatic rings. The summed E-state index contributed by atoms with van der Waals surface area (Å²) in [7, 11) is 3.80. The van der Waals surface area contributed by atoms with Gasteiger partial charge < -0.3 is 14.8 Å².